The number of nitrogens with zero attached hydrogens (tertiary/aromatic N) is 2. The van der Waals surface area contributed by atoms with Crippen LogP contribution in [0.25, 0.3) is 0 Å². The summed E-state index contributed by atoms with van der Waals surface area (Å²) in [5.41, 5.74) is 2.54. The molecule has 6 heteroatoms. The van der Waals surface area contributed by atoms with Crippen molar-refractivity contribution >= 4 is 11.9 Å². The maximum absolute atomic E-state index is 11.7. The number of nitrogens with two attached hydrogens (primary N) is 1. The molecule has 0 saturated heterocycles. The number of aliphatic imine (C=N–C) groups is 1. The Morgan fingerprint density at radius 2 is 1.94 bits per heavy atom. The number of hydrogen-bond donors (Lipinski definition) is 3. The van der Waals surface area contributed by atoms with E-state index in [4.69, 9.17) is 5.84 Å². The molecule has 0 aromatic rings. The first-order valence-corrected chi connectivity index (χ1v) is 6.56. The van der Waals surface area contributed by atoms with E-state index in [1.54, 1.807) is 25.9 Å². The van der Waals surface area contributed by atoms with Gasteiger partial charge in [0.05, 0.1) is 6.04 Å². The van der Waals surface area contributed by atoms with Crippen molar-refractivity contribution in [3.05, 3.63) is 0 Å². The third-order valence-corrected chi connectivity index (χ3v) is 3.19. The summed E-state index contributed by atoms with van der Waals surface area (Å²) in [5, 5.41) is 3.02. The zero-order valence-corrected chi connectivity index (χ0v) is 11.6. The van der Waals surface area contributed by atoms with Gasteiger partial charge in [-0.25, -0.2) is 10.8 Å². The summed E-state index contributed by atoms with van der Waals surface area (Å²) < 4.78 is 0. The largest absolute Gasteiger partial charge is 0.347 e. The fourth-order valence-corrected chi connectivity index (χ4v) is 2.16. The smallest absolute Gasteiger partial charge is 0.244 e. The van der Waals surface area contributed by atoms with Gasteiger partial charge in [-0.1, -0.05) is 19.3 Å². The molecule has 4 N–H and O–H groups in total. The molecule has 0 bridgehead atoms. The Morgan fingerprint density at radius 1 is 1.33 bits per heavy atom. The van der Waals surface area contributed by atoms with Gasteiger partial charge in [0, 0.05) is 14.1 Å². The lowest BCUT2D eigenvalue weighted by Gasteiger charge is -2.22. The quantitative estimate of drug-likeness (QED) is 0.291. The van der Waals surface area contributed by atoms with Crippen LogP contribution in [-0.2, 0) is 4.79 Å². The van der Waals surface area contributed by atoms with Crippen LogP contribution in [0.2, 0.25) is 0 Å². The van der Waals surface area contributed by atoms with E-state index >= 15 is 0 Å². The summed E-state index contributed by atoms with van der Waals surface area (Å²) in [4.78, 5) is 17.8. The lowest BCUT2D eigenvalue weighted by Crippen LogP contribution is -2.51. The normalized spacial score (nSPS) is 19.2. The summed E-state index contributed by atoms with van der Waals surface area (Å²) in [6.45, 7) is 1.80. The van der Waals surface area contributed by atoms with Crippen LogP contribution in [0, 0.1) is 0 Å². The molecule has 104 valence electrons. The van der Waals surface area contributed by atoms with E-state index in [2.05, 4.69) is 15.7 Å². The highest BCUT2D eigenvalue weighted by molar-refractivity contribution is 5.88. The molecule has 1 aliphatic rings. The van der Waals surface area contributed by atoms with Crippen molar-refractivity contribution in [3.8, 4) is 0 Å². The second-order valence-corrected chi connectivity index (χ2v) is 5.01. The SMILES string of the molecule is CC(NC(=NC1CCCCC1)NN)C(=O)N(C)C. The van der Waals surface area contributed by atoms with Gasteiger partial charge < -0.3 is 10.2 Å². The first-order valence-electron chi connectivity index (χ1n) is 6.56. The van der Waals surface area contributed by atoms with E-state index in [0.717, 1.165) is 12.8 Å². The van der Waals surface area contributed by atoms with Gasteiger partial charge in [0.15, 0.2) is 0 Å². The minimum absolute atomic E-state index is 0.00148. The predicted molar refractivity (Wildman–Crippen MR) is 72.9 cm³/mol. The molecule has 1 fully saturated rings. The molecule has 0 spiro atoms. The average Bonchev–Trinajstić information content (AvgIpc) is 2.37. The molecule has 1 saturated carbocycles. The van der Waals surface area contributed by atoms with E-state index in [1.807, 2.05) is 0 Å². The van der Waals surface area contributed by atoms with Crippen LogP contribution in [0.4, 0.5) is 0 Å². The van der Waals surface area contributed by atoms with E-state index < -0.39 is 0 Å². The van der Waals surface area contributed by atoms with Crippen molar-refractivity contribution in [2.45, 2.75) is 51.1 Å². The number of amides is 1. The molecular formula is C12H25N5O. The van der Waals surface area contributed by atoms with Crippen LogP contribution in [0.15, 0.2) is 4.99 Å². The Balaban J connectivity index is 2.54. The number of carbonyl (C=O) groups is 1. The van der Waals surface area contributed by atoms with Gasteiger partial charge in [-0.15, -0.1) is 0 Å². The summed E-state index contributed by atoms with van der Waals surface area (Å²) in [6.07, 6.45) is 5.93. The Labute approximate surface area is 109 Å². The van der Waals surface area contributed by atoms with Crippen molar-refractivity contribution < 1.29 is 4.79 Å². The number of rotatable bonds is 3. The van der Waals surface area contributed by atoms with Gasteiger partial charge in [0.2, 0.25) is 11.9 Å². The monoisotopic (exact) mass is 255 g/mol. The molecule has 1 amide bonds. The standard InChI is InChI=1S/C12H25N5O/c1-9(11(18)17(2)3)14-12(16-13)15-10-7-5-4-6-8-10/h9-10H,4-8,13H2,1-3H3,(H2,14,15,16). The van der Waals surface area contributed by atoms with Crippen LogP contribution < -0.4 is 16.6 Å². The Kier molecular flexibility index (Phi) is 5.91. The van der Waals surface area contributed by atoms with Gasteiger partial charge in [0.1, 0.15) is 6.04 Å². The predicted octanol–water partition coefficient (Wildman–Crippen LogP) is 0.205. The van der Waals surface area contributed by atoms with Crippen molar-refractivity contribution in [2.75, 3.05) is 14.1 Å². The molecular weight excluding hydrogens is 230 g/mol. The van der Waals surface area contributed by atoms with Gasteiger partial charge in [-0.3, -0.25) is 10.2 Å². The molecule has 18 heavy (non-hydrogen) atoms. The van der Waals surface area contributed by atoms with E-state index in [-0.39, 0.29) is 11.9 Å². The molecule has 1 atom stereocenters. The maximum atomic E-state index is 11.7. The zero-order valence-electron chi connectivity index (χ0n) is 11.6. The lowest BCUT2D eigenvalue weighted by molar-refractivity contribution is -0.130. The van der Waals surface area contributed by atoms with Gasteiger partial charge in [-0.2, -0.15) is 0 Å². The molecule has 0 aromatic carbocycles. The molecule has 1 aliphatic carbocycles. The fourth-order valence-electron chi connectivity index (χ4n) is 2.16. The fraction of sp³-hybridized carbons (Fsp3) is 0.833. The maximum Gasteiger partial charge on any atom is 0.244 e. The summed E-state index contributed by atoms with van der Waals surface area (Å²) in [5.74, 6) is 5.95. The first-order chi connectivity index (χ1) is 8.54. The number of hydrazine groups is 1. The molecule has 0 aliphatic heterocycles. The topological polar surface area (TPSA) is 82.7 Å². The average molecular weight is 255 g/mol. The lowest BCUT2D eigenvalue weighted by atomic mass is 9.96. The second-order valence-electron chi connectivity index (χ2n) is 5.01. The van der Waals surface area contributed by atoms with Crippen molar-refractivity contribution in [3.63, 3.8) is 0 Å². The van der Waals surface area contributed by atoms with E-state index in [0.29, 0.717) is 12.0 Å². The number of guanidine groups is 1. The Hall–Kier alpha value is -1.30. The summed E-state index contributed by atoms with van der Waals surface area (Å²) >= 11 is 0. The van der Waals surface area contributed by atoms with Gasteiger partial charge in [0.25, 0.3) is 0 Å². The minimum atomic E-state index is -0.335. The molecule has 0 heterocycles. The van der Waals surface area contributed by atoms with Crippen LogP contribution in [0.1, 0.15) is 39.0 Å². The van der Waals surface area contributed by atoms with Crippen molar-refractivity contribution in [1.82, 2.24) is 15.6 Å². The molecule has 1 unspecified atom stereocenters. The number of hydrogen-bond acceptors (Lipinski definition) is 3. The third kappa shape index (κ3) is 4.52. The summed E-state index contributed by atoms with van der Waals surface area (Å²) in [7, 11) is 3.46. The molecule has 0 aromatic heterocycles. The Bertz CT molecular complexity index is 297. The van der Waals surface area contributed by atoms with Crippen molar-refractivity contribution in [1.29, 1.82) is 0 Å². The van der Waals surface area contributed by atoms with Crippen LogP contribution >= 0.6 is 0 Å². The van der Waals surface area contributed by atoms with Crippen molar-refractivity contribution in [2.24, 2.45) is 10.8 Å². The van der Waals surface area contributed by atoms with Gasteiger partial charge >= 0.3 is 0 Å². The Morgan fingerprint density at radius 3 is 2.44 bits per heavy atom. The number of carbonyl (C=O) groups excluding carboxylic acids is 1. The first kappa shape index (κ1) is 14.8. The number of nitrogens with one attached hydrogen (secondary N) is 2. The van der Waals surface area contributed by atoms with E-state index in [9.17, 15) is 4.79 Å². The molecule has 1 rings (SSSR count). The minimum Gasteiger partial charge on any atom is -0.347 e. The highest BCUT2D eigenvalue weighted by Crippen LogP contribution is 2.19. The highest BCUT2D eigenvalue weighted by atomic mass is 16.2. The van der Waals surface area contributed by atoms with E-state index in [1.165, 1.54) is 19.3 Å². The molecule has 6 nitrogen and oxygen atoms in total. The highest BCUT2D eigenvalue weighted by Gasteiger charge is 2.17. The molecule has 0 radical (unpaired) electrons. The third-order valence-electron chi connectivity index (χ3n) is 3.19. The van der Waals surface area contributed by atoms with Crippen LogP contribution in [0.5, 0.6) is 0 Å². The number of likely N-dealkylation sites (N-methyl/N-ethyl adjacent to an activating group) is 1. The van der Waals surface area contributed by atoms with Gasteiger partial charge in [-0.05, 0) is 19.8 Å². The summed E-state index contributed by atoms with van der Waals surface area (Å²) in [6, 6.07) is -0.0163. The second kappa shape index (κ2) is 7.20. The van der Waals surface area contributed by atoms with Crippen LogP contribution in [0.3, 0.4) is 0 Å². The van der Waals surface area contributed by atoms with Crippen LogP contribution in [-0.4, -0.2) is 42.9 Å². The zero-order chi connectivity index (χ0) is 13.5.